The van der Waals surface area contributed by atoms with Crippen molar-refractivity contribution in [2.45, 2.75) is 39.3 Å². The molecule has 2 heterocycles. The molecule has 7 nitrogen and oxygen atoms in total. The Labute approximate surface area is 183 Å². The van der Waals surface area contributed by atoms with Crippen molar-refractivity contribution in [3.63, 3.8) is 0 Å². The first-order valence-electron chi connectivity index (χ1n) is 9.61. The van der Waals surface area contributed by atoms with Crippen molar-refractivity contribution in [3.8, 4) is 5.69 Å². The first-order chi connectivity index (χ1) is 13.2. The summed E-state index contributed by atoms with van der Waals surface area (Å²) in [5, 5.41) is 11.2. The highest BCUT2D eigenvalue weighted by molar-refractivity contribution is 14.0. The minimum atomic E-state index is 0. The predicted molar refractivity (Wildman–Crippen MR) is 122 cm³/mol. The molecule has 1 aromatic carbocycles. The molecule has 1 amide bonds. The lowest BCUT2D eigenvalue weighted by Crippen LogP contribution is -2.45. The van der Waals surface area contributed by atoms with Crippen LogP contribution in [0.1, 0.15) is 32.3 Å². The number of carbonyl (C=O) groups excluding carboxylic acids is 1. The lowest BCUT2D eigenvalue weighted by molar-refractivity contribution is -0.129. The van der Waals surface area contributed by atoms with Gasteiger partial charge in [-0.25, -0.2) is 9.67 Å². The number of amides is 1. The zero-order chi connectivity index (χ0) is 19.1. The quantitative estimate of drug-likeness (QED) is 0.367. The molecule has 0 saturated carbocycles. The van der Waals surface area contributed by atoms with Crippen molar-refractivity contribution < 1.29 is 4.79 Å². The lowest BCUT2D eigenvalue weighted by Gasteiger charge is -2.18. The molecule has 3 rings (SSSR count). The van der Waals surface area contributed by atoms with E-state index >= 15 is 0 Å². The molecule has 2 aromatic rings. The van der Waals surface area contributed by atoms with Gasteiger partial charge in [-0.1, -0.05) is 25.1 Å². The normalized spacial score (nSPS) is 16.6. The monoisotopic (exact) mass is 496 g/mol. The largest absolute Gasteiger partial charge is 0.357 e. The average molecular weight is 496 g/mol. The van der Waals surface area contributed by atoms with Crippen LogP contribution in [0, 0.1) is 0 Å². The van der Waals surface area contributed by atoms with Crippen LogP contribution in [0.3, 0.4) is 0 Å². The molecule has 1 unspecified atom stereocenters. The molecule has 28 heavy (non-hydrogen) atoms. The number of nitrogens with zero attached hydrogens (tertiary/aromatic N) is 4. The summed E-state index contributed by atoms with van der Waals surface area (Å²) in [5.41, 5.74) is 2.08. The van der Waals surface area contributed by atoms with Crippen molar-refractivity contribution in [1.29, 1.82) is 0 Å². The molecular weight excluding hydrogens is 467 g/mol. The van der Waals surface area contributed by atoms with Crippen molar-refractivity contribution in [3.05, 3.63) is 48.3 Å². The van der Waals surface area contributed by atoms with E-state index in [-0.39, 0.29) is 35.9 Å². The molecule has 0 aliphatic carbocycles. The van der Waals surface area contributed by atoms with E-state index in [4.69, 9.17) is 0 Å². The third-order valence-electron chi connectivity index (χ3n) is 4.61. The maximum atomic E-state index is 11.8. The Morgan fingerprint density at radius 1 is 1.29 bits per heavy atom. The molecule has 152 valence electrons. The van der Waals surface area contributed by atoms with Crippen molar-refractivity contribution in [2.24, 2.45) is 4.99 Å². The number of benzene rings is 1. The van der Waals surface area contributed by atoms with Gasteiger partial charge in [-0.3, -0.25) is 4.79 Å². The molecule has 1 aliphatic rings. The van der Waals surface area contributed by atoms with Crippen LogP contribution in [0.4, 0.5) is 0 Å². The number of hydrogen-bond acceptors (Lipinski definition) is 3. The molecule has 8 heteroatoms. The number of nitrogens with one attached hydrogen (secondary N) is 2. The van der Waals surface area contributed by atoms with Gasteiger partial charge >= 0.3 is 0 Å². The smallest absolute Gasteiger partial charge is 0.222 e. The zero-order valence-corrected chi connectivity index (χ0v) is 18.8. The first-order valence-corrected chi connectivity index (χ1v) is 9.61. The Morgan fingerprint density at radius 2 is 2.07 bits per heavy atom. The van der Waals surface area contributed by atoms with E-state index in [1.807, 2.05) is 66.2 Å². The summed E-state index contributed by atoms with van der Waals surface area (Å²) in [6.45, 7) is 6.85. The van der Waals surface area contributed by atoms with Crippen LogP contribution in [0.25, 0.3) is 5.69 Å². The SMILES string of the molecule is CCNC(=NCc1cnn(-c2ccccc2)c1)NC1CCN(C(=O)CC)C1.I. The van der Waals surface area contributed by atoms with Gasteiger partial charge in [0.25, 0.3) is 0 Å². The van der Waals surface area contributed by atoms with Crippen LogP contribution in [0.5, 0.6) is 0 Å². The summed E-state index contributed by atoms with van der Waals surface area (Å²) in [6.07, 6.45) is 5.35. The minimum absolute atomic E-state index is 0. The van der Waals surface area contributed by atoms with E-state index in [0.29, 0.717) is 13.0 Å². The second kappa shape index (κ2) is 11.0. The third-order valence-corrected chi connectivity index (χ3v) is 4.61. The molecule has 2 N–H and O–H groups in total. The van der Waals surface area contributed by atoms with Gasteiger partial charge in [0.05, 0.1) is 18.4 Å². The Bertz CT molecular complexity index is 776. The number of halogens is 1. The highest BCUT2D eigenvalue weighted by atomic mass is 127. The highest BCUT2D eigenvalue weighted by Gasteiger charge is 2.25. The molecule has 0 radical (unpaired) electrons. The van der Waals surface area contributed by atoms with E-state index in [1.54, 1.807) is 0 Å². The molecule has 1 aliphatic heterocycles. The fourth-order valence-electron chi connectivity index (χ4n) is 3.18. The lowest BCUT2D eigenvalue weighted by atomic mass is 10.3. The molecule has 1 aromatic heterocycles. The number of para-hydroxylation sites is 1. The van der Waals surface area contributed by atoms with E-state index < -0.39 is 0 Å². The van der Waals surface area contributed by atoms with Gasteiger partial charge in [0, 0.05) is 43.9 Å². The Balaban J connectivity index is 0.00000280. The van der Waals surface area contributed by atoms with Gasteiger partial charge in [-0.05, 0) is 25.5 Å². The Hall–Kier alpha value is -2.10. The molecule has 1 saturated heterocycles. The molecule has 1 fully saturated rings. The van der Waals surface area contributed by atoms with E-state index in [2.05, 4.69) is 20.7 Å². The van der Waals surface area contributed by atoms with Gasteiger partial charge < -0.3 is 15.5 Å². The molecule has 0 spiro atoms. The predicted octanol–water partition coefficient (Wildman–Crippen LogP) is 2.56. The topological polar surface area (TPSA) is 74.6 Å². The van der Waals surface area contributed by atoms with E-state index in [1.165, 1.54) is 0 Å². The maximum absolute atomic E-state index is 11.8. The molecule has 0 bridgehead atoms. The van der Waals surface area contributed by atoms with Crippen molar-refractivity contribution in [1.82, 2.24) is 25.3 Å². The summed E-state index contributed by atoms with van der Waals surface area (Å²) < 4.78 is 1.86. The number of hydrogen-bond donors (Lipinski definition) is 2. The van der Waals surface area contributed by atoms with Gasteiger partial charge in [0.2, 0.25) is 5.91 Å². The molecular formula is C20H29IN6O. The summed E-state index contributed by atoms with van der Waals surface area (Å²) in [7, 11) is 0. The number of rotatable bonds is 6. The maximum Gasteiger partial charge on any atom is 0.222 e. The van der Waals surface area contributed by atoms with Gasteiger partial charge in [-0.15, -0.1) is 24.0 Å². The second-order valence-corrected chi connectivity index (χ2v) is 6.65. The van der Waals surface area contributed by atoms with Crippen LogP contribution in [0.2, 0.25) is 0 Å². The number of likely N-dealkylation sites (tertiary alicyclic amines) is 1. The summed E-state index contributed by atoms with van der Waals surface area (Å²) in [5.74, 6) is 0.996. The fourth-order valence-corrected chi connectivity index (χ4v) is 3.18. The van der Waals surface area contributed by atoms with Crippen LogP contribution >= 0.6 is 24.0 Å². The van der Waals surface area contributed by atoms with Gasteiger partial charge in [-0.2, -0.15) is 5.10 Å². The van der Waals surface area contributed by atoms with E-state index in [0.717, 1.165) is 43.3 Å². The second-order valence-electron chi connectivity index (χ2n) is 6.65. The van der Waals surface area contributed by atoms with Gasteiger partial charge in [0.15, 0.2) is 5.96 Å². The van der Waals surface area contributed by atoms with Crippen LogP contribution in [0.15, 0.2) is 47.7 Å². The minimum Gasteiger partial charge on any atom is -0.357 e. The average Bonchev–Trinajstić information content (AvgIpc) is 3.36. The van der Waals surface area contributed by atoms with Crippen LogP contribution in [-0.2, 0) is 11.3 Å². The van der Waals surface area contributed by atoms with E-state index in [9.17, 15) is 4.79 Å². The Morgan fingerprint density at radius 3 is 2.79 bits per heavy atom. The van der Waals surface area contributed by atoms with Crippen molar-refractivity contribution >= 4 is 35.8 Å². The standard InChI is InChI=1S/C20H28N6O.HI/c1-3-19(27)25-11-10-17(15-25)24-20(21-4-2)22-12-16-13-23-26(14-16)18-8-6-5-7-9-18;/h5-9,13-14,17H,3-4,10-12,15H2,1-2H3,(H2,21,22,24);1H. The van der Waals surface area contributed by atoms with Crippen LogP contribution < -0.4 is 10.6 Å². The van der Waals surface area contributed by atoms with Crippen molar-refractivity contribution in [2.75, 3.05) is 19.6 Å². The summed E-state index contributed by atoms with van der Waals surface area (Å²) in [4.78, 5) is 18.4. The van der Waals surface area contributed by atoms with Gasteiger partial charge in [0.1, 0.15) is 0 Å². The Kier molecular flexibility index (Phi) is 8.75. The first kappa shape index (κ1) is 22.2. The van der Waals surface area contributed by atoms with Crippen LogP contribution in [-0.4, -0.2) is 52.2 Å². The number of carbonyl (C=O) groups is 1. The number of aromatic nitrogens is 2. The summed E-state index contributed by atoms with van der Waals surface area (Å²) >= 11 is 0. The highest BCUT2D eigenvalue weighted by Crippen LogP contribution is 2.11. The third kappa shape index (κ3) is 5.95. The number of aliphatic imine (C=N–C) groups is 1. The zero-order valence-electron chi connectivity index (χ0n) is 16.5. The fraction of sp³-hybridized carbons (Fsp3) is 0.450. The molecule has 1 atom stereocenters. The number of guanidine groups is 1. The summed E-state index contributed by atoms with van der Waals surface area (Å²) in [6, 6.07) is 10.3.